The second kappa shape index (κ2) is 5.50. The zero-order chi connectivity index (χ0) is 17.8. The largest absolute Gasteiger partial charge is 0.473 e. The molecule has 0 saturated heterocycles. The SMILES string of the molecule is CN1c2cc(OCc3cc(F)c(F)c(F)c3)nc(=O)n2CC12CCC2. The highest BCUT2D eigenvalue weighted by Gasteiger charge is 2.47. The molecule has 25 heavy (non-hydrogen) atoms. The maximum atomic E-state index is 13.2. The molecule has 0 N–H and O–H groups in total. The van der Waals surface area contributed by atoms with Gasteiger partial charge in [-0.25, -0.2) is 18.0 Å². The third kappa shape index (κ3) is 2.47. The summed E-state index contributed by atoms with van der Waals surface area (Å²) in [7, 11) is 1.94. The number of ether oxygens (including phenoxy) is 1. The number of likely N-dealkylation sites (N-methyl/N-ethyl adjacent to an activating group) is 1. The van der Waals surface area contributed by atoms with Gasteiger partial charge in [0, 0.05) is 13.1 Å². The van der Waals surface area contributed by atoms with Crippen LogP contribution in [0, 0.1) is 17.5 Å². The number of hydrogen-bond donors (Lipinski definition) is 0. The lowest BCUT2D eigenvalue weighted by Gasteiger charge is -2.44. The van der Waals surface area contributed by atoms with Gasteiger partial charge in [-0.3, -0.25) is 4.57 Å². The quantitative estimate of drug-likeness (QED) is 0.798. The number of aromatic nitrogens is 2. The summed E-state index contributed by atoms with van der Waals surface area (Å²) in [6.45, 7) is 0.387. The van der Waals surface area contributed by atoms with E-state index in [1.165, 1.54) is 0 Å². The van der Waals surface area contributed by atoms with Gasteiger partial charge in [-0.2, -0.15) is 4.98 Å². The Morgan fingerprint density at radius 1 is 1.20 bits per heavy atom. The molecule has 1 aliphatic heterocycles. The number of nitrogens with zero attached hydrogens (tertiary/aromatic N) is 3. The van der Waals surface area contributed by atoms with E-state index in [2.05, 4.69) is 9.88 Å². The first kappa shape index (κ1) is 16.0. The summed E-state index contributed by atoms with van der Waals surface area (Å²) in [4.78, 5) is 18.2. The smallest absolute Gasteiger partial charge is 0.352 e. The van der Waals surface area contributed by atoms with Gasteiger partial charge in [-0.05, 0) is 37.0 Å². The van der Waals surface area contributed by atoms with Crippen LogP contribution in [-0.2, 0) is 13.2 Å². The highest BCUT2D eigenvalue weighted by Crippen LogP contribution is 2.45. The molecule has 1 aromatic carbocycles. The highest BCUT2D eigenvalue weighted by atomic mass is 19.2. The van der Waals surface area contributed by atoms with Gasteiger partial charge in [-0.15, -0.1) is 0 Å². The summed E-state index contributed by atoms with van der Waals surface area (Å²) in [6.07, 6.45) is 3.18. The number of hydrogen-bond acceptors (Lipinski definition) is 4. The zero-order valence-corrected chi connectivity index (χ0v) is 13.6. The Kier molecular flexibility index (Phi) is 3.52. The fourth-order valence-electron chi connectivity index (χ4n) is 3.54. The van der Waals surface area contributed by atoms with Crippen LogP contribution in [0.15, 0.2) is 23.0 Å². The molecule has 4 rings (SSSR count). The van der Waals surface area contributed by atoms with Gasteiger partial charge in [0.1, 0.15) is 12.4 Å². The molecule has 2 heterocycles. The van der Waals surface area contributed by atoms with E-state index in [4.69, 9.17) is 4.74 Å². The minimum atomic E-state index is -1.52. The molecule has 1 aliphatic carbocycles. The lowest BCUT2D eigenvalue weighted by atomic mass is 9.76. The first-order valence-electron chi connectivity index (χ1n) is 8.02. The first-order chi connectivity index (χ1) is 11.9. The number of fused-ring (bicyclic) bond motifs is 1. The summed E-state index contributed by atoms with van der Waals surface area (Å²) in [5.41, 5.74) is -0.322. The summed E-state index contributed by atoms with van der Waals surface area (Å²) >= 11 is 0. The molecule has 0 atom stereocenters. The Balaban J connectivity index is 1.57. The molecule has 1 aromatic heterocycles. The van der Waals surface area contributed by atoms with Crippen LogP contribution >= 0.6 is 0 Å². The number of anilines is 1. The van der Waals surface area contributed by atoms with Crippen LogP contribution in [0.4, 0.5) is 19.0 Å². The van der Waals surface area contributed by atoms with Crippen molar-refractivity contribution in [1.82, 2.24) is 9.55 Å². The molecule has 8 heteroatoms. The maximum Gasteiger partial charge on any atom is 0.352 e. The highest BCUT2D eigenvalue weighted by molar-refractivity contribution is 5.49. The summed E-state index contributed by atoms with van der Waals surface area (Å²) in [5, 5.41) is 0. The molecule has 0 unspecified atom stereocenters. The Bertz CT molecular complexity index is 885. The second-order valence-electron chi connectivity index (χ2n) is 6.62. The van der Waals surface area contributed by atoms with E-state index < -0.39 is 23.1 Å². The van der Waals surface area contributed by atoms with Gasteiger partial charge in [0.05, 0.1) is 12.1 Å². The van der Waals surface area contributed by atoms with E-state index in [-0.39, 0.29) is 23.6 Å². The average Bonchev–Trinajstić information content (AvgIpc) is 2.84. The maximum absolute atomic E-state index is 13.2. The van der Waals surface area contributed by atoms with Gasteiger partial charge >= 0.3 is 5.69 Å². The van der Waals surface area contributed by atoms with Gasteiger partial charge < -0.3 is 9.64 Å². The fraction of sp³-hybridized carbons (Fsp3) is 0.412. The van der Waals surface area contributed by atoms with Crippen molar-refractivity contribution in [2.24, 2.45) is 0 Å². The third-order valence-corrected chi connectivity index (χ3v) is 5.19. The van der Waals surface area contributed by atoms with Gasteiger partial charge in [0.15, 0.2) is 17.5 Å². The monoisotopic (exact) mass is 351 g/mol. The van der Waals surface area contributed by atoms with E-state index in [9.17, 15) is 18.0 Å². The molecule has 132 valence electrons. The standard InChI is InChI=1S/C17H16F3N3O2/c1-22-14-7-13(21-16(24)23(14)9-17(22)3-2-4-17)25-8-10-5-11(18)15(20)12(19)6-10/h5-7H,2-4,8-9H2,1H3. The van der Waals surface area contributed by atoms with Crippen molar-refractivity contribution < 1.29 is 17.9 Å². The van der Waals surface area contributed by atoms with E-state index in [1.807, 2.05) is 7.05 Å². The molecular weight excluding hydrogens is 335 g/mol. The number of halogens is 3. The van der Waals surface area contributed by atoms with E-state index >= 15 is 0 Å². The van der Waals surface area contributed by atoms with Crippen molar-refractivity contribution >= 4 is 5.82 Å². The first-order valence-corrected chi connectivity index (χ1v) is 8.02. The minimum absolute atomic E-state index is 0.0182. The van der Waals surface area contributed by atoms with E-state index in [1.54, 1.807) is 10.6 Å². The molecule has 2 aromatic rings. The minimum Gasteiger partial charge on any atom is -0.473 e. The van der Waals surface area contributed by atoms with Crippen LogP contribution in [0.3, 0.4) is 0 Å². The normalized spacial score (nSPS) is 17.5. The Labute approximate surface area is 141 Å². The van der Waals surface area contributed by atoms with Crippen LogP contribution in [0.5, 0.6) is 5.88 Å². The molecule has 1 fully saturated rings. The molecule has 0 amide bonds. The number of rotatable bonds is 3. The molecule has 5 nitrogen and oxygen atoms in total. The lowest BCUT2D eigenvalue weighted by Crippen LogP contribution is -2.50. The third-order valence-electron chi connectivity index (χ3n) is 5.19. The Hall–Kier alpha value is -2.51. The van der Waals surface area contributed by atoms with Crippen molar-refractivity contribution in [2.45, 2.75) is 38.0 Å². The van der Waals surface area contributed by atoms with E-state index in [0.717, 1.165) is 31.4 Å². The second-order valence-corrected chi connectivity index (χ2v) is 6.62. The topological polar surface area (TPSA) is 47.4 Å². The van der Waals surface area contributed by atoms with E-state index in [0.29, 0.717) is 12.4 Å². The number of benzene rings is 1. The van der Waals surface area contributed by atoms with Crippen molar-refractivity contribution in [2.75, 3.05) is 11.9 Å². The Morgan fingerprint density at radius 2 is 1.88 bits per heavy atom. The van der Waals surface area contributed by atoms with Crippen LogP contribution in [0.25, 0.3) is 0 Å². The predicted octanol–water partition coefficient (Wildman–Crippen LogP) is 2.61. The van der Waals surface area contributed by atoms with Crippen LogP contribution in [0.2, 0.25) is 0 Å². The zero-order valence-electron chi connectivity index (χ0n) is 13.6. The molecule has 2 aliphatic rings. The van der Waals surface area contributed by atoms with Gasteiger partial charge in [0.2, 0.25) is 5.88 Å². The Morgan fingerprint density at radius 3 is 2.48 bits per heavy atom. The molecular formula is C17H16F3N3O2. The fourth-order valence-corrected chi connectivity index (χ4v) is 3.54. The van der Waals surface area contributed by atoms with Crippen molar-refractivity contribution in [3.8, 4) is 5.88 Å². The van der Waals surface area contributed by atoms with Gasteiger partial charge in [-0.1, -0.05) is 0 Å². The molecule has 1 saturated carbocycles. The van der Waals surface area contributed by atoms with Crippen LogP contribution in [-0.4, -0.2) is 22.1 Å². The van der Waals surface area contributed by atoms with Crippen molar-refractivity contribution in [1.29, 1.82) is 0 Å². The summed E-state index contributed by atoms with van der Waals surface area (Å²) < 4.78 is 46.5. The molecule has 0 bridgehead atoms. The summed E-state index contributed by atoms with van der Waals surface area (Å²) in [6, 6.07) is 3.35. The molecule has 0 radical (unpaired) electrons. The van der Waals surface area contributed by atoms with Gasteiger partial charge in [0.25, 0.3) is 0 Å². The summed E-state index contributed by atoms with van der Waals surface area (Å²) in [5.74, 6) is -3.31. The van der Waals surface area contributed by atoms with Crippen molar-refractivity contribution in [3.63, 3.8) is 0 Å². The van der Waals surface area contributed by atoms with Crippen molar-refractivity contribution in [3.05, 3.63) is 51.7 Å². The van der Waals surface area contributed by atoms with Crippen LogP contribution < -0.4 is 15.3 Å². The molecule has 1 spiro atoms. The average molecular weight is 351 g/mol. The lowest BCUT2D eigenvalue weighted by molar-refractivity contribution is 0.231. The van der Waals surface area contributed by atoms with Crippen LogP contribution in [0.1, 0.15) is 24.8 Å². The predicted molar refractivity (Wildman–Crippen MR) is 84.1 cm³/mol.